The lowest BCUT2D eigenvalue weighted by atomic mass is 9.99. The summed E-state index contributed by atoms with van der Waals surface area (Å²) < 4.78 is 3.90. The summed E-state index contributed by atoms with van der Waals surface area (Å²) in [5, 5.41) is 6.36. The van der Waals surface area contributed by atoms with Crippen LogP contribution < -0.4 is 0 Å². The third-order valence-corrected chi connectivity index (χ3v) is 5.97. The monoisotopic (exact) mass is 435 g/mol. The van der Waals surface area contributed by atoms with Gasteiger partial charge in [-0.15, -0.1) is 5.10 Å². The van der Waals surface area contributed by atoms with Gasteiger partial charge in [0, 0.05) is 23.2 Å². The predicted molar refractivity (Wildman–Crippen MR) is 129 cm³/mol. The number of rotatable bonds is 3. The highest BCUT2D eigenvalue weighted by atomic mass is 35.5. The van der Waals surface area contributed by atoms with E-state index in [9.17, 15) is 0 Å². The van der Waals surface area contributed by atoms with E-state index in [4.69, 9.17) is 26.7 Å². The average Bonchev–Trinajstić information content (AvgIpc) is 3.40. The molecule has 0 saturated carbocycles. The minimum absolute atomic E-state index is 0.639. The van der Waals surface area contributed by atoms with E-state index in [2.05, 4.69) is 60.1 Å². The van der Waals surface area contributed by atoms with Crippen molar-refractivity contribution in [3.8, 4) is 33.8 Å². The number of aromatic nitrogens is 5. The number of hydrogen-bond acceptors (Lipinski definition) is 3. The van der Waals surface area contributed by atoms with Gasteiger partial charge in [-0.3, -0.25) is 0 Å². The maximum absolute atomic E-state index is 6.06. The molecule has 3 aromatic heterocycles. The molecule has 32 heavy (non-hydrogen) atoms. The predicted octanol–water partition coefficient (Wildman–Crippen LogP) is 6.27. The van der Waals surface area contributed by atoms with Crippen LogP contribution >= 0.6 is 11.6 Å². The zero-order valence-electron chi connectivity index (χ0n) is 17.3. The molecule has 3 heterocycles. The molecule has 0 fully saturated rings. The number of nitrogens with zero attached hydrogens (tertiary/aromatic N) is 5. The van der Waals surface area contributed by atoms with E-state index < -0.39 is 0 Å². The fraction of sp³-hybridized carbons (Fsp3) is 0.0385. The van der Waals surface area contributed by atoms with Crippen molar-refractivity contribution in [3.63, 3.8) is 0 Å². The Morgan fingerprint density at radius 1 is 0.719 bits per heavy atom. The Kier molecular flexibility index (Phi) is 4.30. The normalized spacial score (nSPS) is 11.4. The fourth-order valence-corrected chi connectivity index (χ4v) is 4.39. The Morgan fingerprint density at radius 2 is 1.38 bits per heavy atom. The minimum atomic E-state index is 0.639. The molecule has 6 heteroatoms. The molecule has 0 aliphatic carbocycles. The molecule has 5 nitrogen and oxygen atoms in total. The Morgan fingerprint density at radius 3 is 2.06 bits per heavy atom. The Balaban J connectivity index is 1.72. The highest BCUT2D eigenvalue weighted by Crippen LogP contribution is 2.41. The summed E-state index contributed by atoms with van der Waals surface area (Å²) >= 11 is 6.06. The van der Waals surface area contributed by atoms with Crippen LogP contribution in [0, 0.1) is 0 Å². The van der Waals surface area contributed by atoms with Crippen LogP contribution in [0.15, 0.2) is 91.3 Å². The van der Waals surface area contributed by atoms with Crippen LogP contribution in [0.1, 0.15) is 0 Å². The quantitative estimate of drug-likeness (QED) is 0.329. The molecule has 154 valence electrons. The maximum atomic E-state index is 6.06. The Hall–Kier alpha value is -3.96. The van der Waals surface area contributed by atoms with Crippen LogP contribution in [-0.4, -0.2) is 24.1 Å². The molecular weight excluding hydrogens is 418 g/mol. The third-order valence-electron chi connectivity index (χ3n) is 5.72. The van der Waals surface area contributed by atoms with Crippen LogP contribution in [0.25, 0.3) is 50.5 Å². The van der Waals surface area contributed by atoms with Gasteiger partial charge in [-0.25, -0.2) is 14.5 Å². The highest BCUT2D eigenvalue weighted by Gasteiger charge is 2.23. The van der Waals surface area contributed by atoms with Crippen molar-refractivity contribution in [2.45, 2.75) is 0 Å². The van der Waals surface area contributed by atoms with Gasteiger partial charge in [-0.05, 0) is 35.4 Å². The molecule has 0 saturated heterocycles. The number of fused-ring (bicyclic) bond motifs is 3. The van der Waals surface area contributed by atoms with E-state index in [-0.39, 0.29) is 0 Å². The summed E-state index contributed by atoms with van der Waals surface area (Å²) in [4.78, 5) is 9.70. The zero-order chi connectivity index (χ0) is 21.7. The molecule has 0 atom stereocenters. The van der Waals surface area contributed by atoms with E-state index >= 15 is 0 Å². The van der Waals surface area contributed by atoms with E-state index in [1.165, 1.54) is 0 Å². The van der Waals surface area contributed by atoms with E-state index in [0.717, 1.165) is 44.6 Å². The summed E-state index contributed by atoms with van der Waals surface area (Å²) in [7, 11) is 2.05. The van der Waals surface area contributed by atoms with Crippen LogP contribution in [0.2, 0.25) is 5.02 Å². The van der Waals surface area contributed by atoms with Crippen molar-refractivity contribution in [1.82, 2.24) is 24.1 Å². The summed E-state index contributed by atoms with van der Waals surface area (Å²) in [6.07, 6.45) is 1.73. The van der Waals surface area contributed by atoms with Gasteiger partial charge in [0.25, 0.3) is 0 Å². The fourth-order valence-electron chi connectivity index (χ4n) is 4.26. The van der Waals surface area contributed by atoms with Crippen LogP contribution in [0.3, 0.4) is 0 Å². The molecular formula is C26H18ClN5. The number of benzene rings is 3. The molecule has 0 radical (unpaired) electrons. The van der Waals surface area contributed by atoms with Gasteiger partial charge in [-0.2, -0.15) is 0 Å². The summed E-state index contributed by atoms with van der Waals surface area (Å²) in [6.45, 7) is 0. The van der Waals surface area contributed by atoms with Gasteiger partial charge in [0.1, 0.15) is 12.0 Å². The van der Waals surface area contributed by atoms with Crippen molar-refractivity contribution in [3.05, 3.63) is 96.3 Å². The second kappa shape index (κ2) is 7.32. The molecule has 0 N–H and O–H groups in total. The van der Waals surface area contributed by atoms with E-state index in [1.807, 2.05) is 36.4 Å². The SMILES string of the molecule is Cn1c(-c2ccccc2)c(-c2ccccc2)c2c1ncn1nc(-c3ccc(Cl)cc3)nc21. The van der Waals surface area contributed by atoms with Crippen molar-refractivity contribution in [2.75, 3.05) is 0 Å². The Bertz CT molecular complexity index is 1570. The van der Waals surface area contributed by atoms with Gasteiger partial charge >= 0.3 is 0 Å². The van der Waals surface area contributed by atoms with Crippen LogP contribution in [0.4, 0.5) is 0 Å². The Labute approximate surface area is 189 Å². The first-order valence-electron chi connectivity index (χ1n) is 10.3. The van der Waals surface area contributed by atoms with Gasteiger partial charge in [0.2, 0.25) is 0 Å². The van der Waals surface area contributed by atoms with Crippen molar-refractivity contribution < 1.29 is 0 Å². The first-order chi connectivity index (χ1) is 15.7. The summed E-state index contributed by atoms with van der Waals surface area (Å²) in [6, 6.07) is 28.3. The first-order valence-corrected chi connectivity index (χ1v) is 10.7. The second-order valence-electron chi connectivity index (χ2n) is 7.67. The lowest BCUT2D eigenvalue weighted by molar-refractivity contribution is 0.910. The molecule has 0 amide bonds. The first kappa shape index (κ1) is 18.8. The number of hydrogen-bond donors (Lipinski definition) is 0. The second-order valence-corrected chi connectivity index (χ2v) is 8.10. The third kappa shape index (κ3) is 2.90. The molecule has 6 rings (SSSR count). The smallest absolute Gasteiger partial charge is 0.182 e. The van der Waals surface area contributed by atoms with Gasteiger partial charge < -0.3 is 4.57 Å². The largest absolute Gasteiger partial charge is 0.328 e. The summed E-state index contributed by atoms with van der Waals surface area (Å²) in [5.74, 6) is 0.639. The number of halogens is 1. The molecule has 0 unspecified atom stereocenters. The van der Waals surface area contributed by atoms with Gasteiger partial charge in [-0.1, -0.05) is 72.3 Å². The van der Waals surface area contributed by atoms with Crippen LogP contribution in [0.5, 0.6) is 0 Å². The van der Waals surface area contributed by atoms with Gasteiger partial charge in [0.15, 0.2) is 11.5 Å². The van der Waals surface area contributed by atoms with E-state index in [0.29, 0.717) is 10.8 Å². The topological polar surface area (TPSA) is 48.0 Å². The number of aryl methyl sites for hydroxylation is 1. The van der Waals surface area contributed by atoms with Gasteiger partial charge in [0.05, 0.1) is 11.1 Å². The van der Waals surface area contributed by atoms with E-state index in [1.54, 1.807) is 10.8 Å². The minimum Gasteiger partial charge on any atom is -0.328 e. The van der Waals surface area contributed by atoms with Crippen molar-refractivity contribution >= 4 is 28.3 Å². The molecule has 3 aromatic carbocycles. The highest BCUT2D eigenvalue weighted by molar-refractivity contribution is 6.30. The van der Waals surface area contributed by atoms with Crippen LogP contribution in [-0.2, 0) is 7.05 Å². The zero-order valence-corrected chi connectivity index (χ0v) is 18.0. The maximum Gasteiger partial charge on any atom is 0.182 e. The lowest BCUT2D eigenvalue weighted by Crippen LogP contribution is -1.95. The molecule has 0 bridgehead atoms. The summed E-state index contributed by atoms with van der Waals surface area (Å²) in [5.41, 5.74) is 6.99. The van der Waals surface area contributed by atoms with Crippen molar-refractivity contribution in [1.29, 1.82) is 0 Å². The molecule has 0 spiro atoms. The van der Waals surface area contributed by atoms with Crippen molar-refractivity contribution in [2.24, 2.45) is 7.05 Å². The average molecular weight is 436 g/mol. The standard InChI is InChI=1S/C26H18ClN5/c1-31-23(18-10-6-3-7-11-18)21(17-8-4-2-5-9-17)22-25(31)28-16-32-26(22)29-24(30-32)19-12-14-20(27)15-13-19/h2-16H,1H3. The molecule has 0 aliphatic heterocycles. The molecule has 0 aliphatic rings. The molecule has 6 aromatic rings. The lowest BCUT2D eigenvalue weighted by Gasteiger charge is -2.08.